The number of hydrogen-bond acceptors (Lipinski definition) is 4. The molecule has 0 unspecified atom stereocenters. The SMILES string of the molecule is COCCOc1ncccc1CN=C(N)N. The molecular weight excluding hydrogens is 208 g/mol. The van der Waals surface area contributed by atoms with E-state index < -0.39 is 0 Å². The summed E-state index contributed by atoms with van der Waals surface area (Å²) in [5.41, 5.74) is 11.4. The molecule has 0 saturated heterocycles. The summed E-state index contributed by atoms with van der Waals surface area (Å²) in [6.45, 7) is 1.32. The number of hydrogen-bond donors (Lipinski definition) is 2. The molecule has 6 nitrogen and oxygen atoms in total. The van der Waals surface area contributed by atoms with E-state index >= 15 is 0 Å². The van der Waals surface area contributed by atoms with Crippen LogP contribution in [-0.4, -0.2) is 31.3 Å². The highest BCUT2D eigenvalue weighted by Crippen LogP contribution is 2.14. The average molecular weight is 224 g/mol. The number of aromatic nitrogens is 1. The van der Waals surface area contributed by atoms with Gasteiger partial charge in [0.2, 0.25) is 5.88 Å². The predicted molar refractivity (Wildman–Crippen MR) is 61.1 cm³/mol. The Morgan fingerprint density at radius 1 is 1.44 bits per heavy atom. The Labute approximate surface area is 94.3 Å². The summed E-state index contributed by atoms with van der Waals surface area (Å²) >= 11 is 0. The minimum absolute atomic E-state index is 0.0479. The summed E-state index contributed by atoms with van der Waals surface area (Å²) in [7, 11) is 1.61. The van der Waals surface area contributed by atoms with Crippen molar-refractivity contribution in [2.24, 2.45) is 16.5 Å². The fourth-order valence-electron chi connectivity index (χ4n) is 1.07. The first-order valence-electron chi connectivity index (χ1n) is 4.85. The lowest BCUT2D eigenvalue weighted by atomic mass is 10.3. The molecule has 0 radical (unpaired) electrons. The lowest BCUT2D eigenvalue weighted by Crippen LogP contribution is -2.22. The zero-order chi connectivity index (χ0) is 11.8. The number of ether oxygens (including phenoxy) is 2. The molecule has 0 aliphatic rings. The van der Waals surface area contributed by atoms with Crippen molar-refractivity contribution >= 4 is 5.96 Å². The van der Waals surface area contributed by atoms with Crippen LogP contribution in [-0.2, 0) is 11.3 Å². The zero-order valence-corrected chi connectivity index (χ0v) is 9.22. The first-order valence-corrected chi connectivity index (χ1v) is 4.85. The van der Waals surface area contributed by atoms with Crippen molar-refractivity contribution in [3.8, 4) is 5.88 Å². The van der Waals surface area contributed by atoms with Crippen LogP contribution in [0, 0.1) is 0 Å². The number of methoxy groups -OCH3 is 1. The van der Waals surface area contributed by atoms with Crippen molar-refractivity contribution in [3.05, 3.63) is 23.9 Å². The van der Waals surface area contributed by atoms with Crippen LogP contribution in [0.3, 0.4) is 0 Å². The first kappa shape index (κ1) is 12.3. The van der Waals surface area contributed by atoms with E-state index in [1.165, 1.54) is 0 Å². The maximum atomic E-state index is 5.42. The van der Waals surface area contributed by atoms with Crippen LogP contribution in [0.15, 0.2) is 23.3 Å². The molecule has 0 aliphatic carbocycles. The standard InChI is InChI=1S/C10H16N4O2/c1-15-5-6-16-9-8(3-2-4-13-9)7-14-10(11)12/h2-4H,5-7H2,1H3,(H4,11,12,14). The molecule has 0 saturated carbocycles. The van der Waals surface area contributed by atoms with Crippen molar-refractivity contribution in [3.63, 3.8) is 0 Å². The minimum atomic E-state index is 0.0479. The molecule has 1 aromatic heterocycles. The second-order valence-corrected chi connectivity index (χ2v) is 3.05. The first-order chi connectivity index (χ1) is 7.74. The third-order valence-corrected chi connectivity index (χ3v) is 1.81. The van der Waals surface area contributed by atoms with Gasteiger partial charge in [0.05, 0.1) is 13.2 Å². The lowest BCUT2D eigenvalue weighted by molar-refractivity contribution is 0.143. The normalized spacial score (nSPS) is 9.81. The third-order valence-electron chi connectivity index (χ3n) is 1.81. The summed E-state index contributed by atoms with van der Waals surface area (Å²) in [6, 6.07) is 3.67. The highest BCUT2D eigenvalue weighted by atomic mass is 16.5. The van der Waals surface area contributed by atoms with Crippen molar-refractivity contribution in [1.82, 2.24) is 4.98 Å². The van der Waals surface area contributed by atoms with E-state index in [4.69, 9.17) is 20.9 Å². The Morgan fingerprint density at radius 3 is 2.94 bits per heavy atom. The van der Waals surface area contributed by atoms with E-state index in [-0.39, 0.29) is 5.96 Å². The second kappa shape index (κ2) is 6.62. The highest BCUT2D eigenvalue weighted by Gasteiger charge is 2.03. The zero-order valence-electron chi connectivity index (χ0n) is 9.22. The van der Waals surface area contributed by atoms with Crippen molar-refractivity contribution in [1.29, 1.82) is 0 Å². The molecule has 88 valence electrons. The number of nitrogens with two attached hydrogens (primary N) is 2. The molecule has 0 aromatic carbocycles. The number of pyridine rings is 1. The van der Waals surface area contributed by atoms with Crippen molar-refractivity contribution < 1.29 is 9.47 Å². The molecule has 0 amide bonds. The largest absolute Gasteiger partial charge is 0.475 e. The monoisotopic (exact) mass is 224 g/mol. The number of rotatable bonds is 6. The lowest BCUT2D eigenvalue weighted by Gasteiger charge is -2.08. The maximum Gasteiger partial charge on any atom is 0.218 e. The van der Waals surface area contributed by atoms with Crippen LogP contribution in [0.2, 0.25) is 0 Å². The van der Waals surface area contributed by atoms with Crippen LogP contribution in [0.4, 0.5) is 0 Å². The quantitative estimate of drug-likeness (QED) is 0.399. The van der Waals surface area contributed by atoms with Gasteiger partial charge in [0.25, 0.3) is 0 Å². The summed E-state index contributed by atoms with van der Waals surface area (Å²) in [5, 5.41) is 0. The molecule has 0 atom stereocenters. The highest BCUT2D eigenvalue weighted by molar-refractivity contribution is 5.75. The Bertz CT molecular complexity index is 350. The summed E-state index contributed by atoms with van der Waals surface area (Å²) in [5.74, 6) is 0.580. The molecular formula is C10H16N4O2. The van der Waals surface area contributed by atoms with E-state index in [1.807, 2.05) is 6.07 Å². The number of nitrogens with zero attached hydrogens (tertiary/aromatic N) is 2. The molecule has 0 fully saturated rings. The molecule has 16 heavy (non-hydrogen) atoms. The van der Waals surface area contributed by atoms with E-state index in [0.717, 1.165) is 5.56 Å². The molecule has 1 aromatic rings. The van der Waals surface area contributed by atoms with Gasteiger partial charge < -0.3 is 20.9 Å². The summed E-state index contributed by atoms with van der Waals surface area (Å²) in [6.07, 6.45) is 1.65. The van der Waals surface area contributed by atoms with Gasteiger partial charge in [-0.25, -0.2) is 9.98 Å². The van der Waals surface area contributed by atoms with Gasteiger partial charge in [-0.15, -0.1) is 0 Å². The third kappa shape index (κ3) is 4.14. The predicted octanol–water partition coefficient (Wildman–Crippen LogP) is -0.120. The minimum Gasteiger partial charge on any atom is -0.475 e. The average Bonchev–Trinajstić information content (AvgIpc) is 2.28. The Morgan fingerprint density at radius 2 is 2.25 bits per heavy atom. The number of aliphatic imine (C=N–C) groups is 1. The van der Waals surface area contributed by atoms with Gasteiger partial charge in [0.1, 0.15) is 6.61 Å². The molecule has 1 heterocycles. The summed E-state index contributed by atoms with van der Waals surface area (Å²) < 4.78 is 10.3. The Hall–Kier alpha value is -1.82. The smallest absolute Gasteiger partial charge is 0.218 e. The Balaban J connectivity index is 2.64. The van der Waals surface area contributed by atoms with E-state index in [2.05, 4.69) is 9.98 Å². The van der Waals surface area contributed by atoms with Crippen LogP contribution in [0.5, 0.6) is 5.88 Å². The van der Waals surface area contributed by atoms with Gasteiger partial charge in [-0.3, -0.25) is 0 Å². The van der Waals surface area contributed by atoms with Gasteiger partial charge in [-0.05, 0) is 6.07 Å². The summed E-state index contributed by atoms with van der Waals surface area (Å²) in [4.78, 5) is 8.00. The van der Waals surface area contributed by atoms with Crippen LogP contribution < -0.4 is 16.2 Å². The van der Waals surface area contributed by atoms with Crippen LogP contribution in [0.1, 0.15) is 5.56 Å². The van der Waals surface area contributed by atoms with Crippen molar-refractivity contribution in [2.45, 2.75) is 6.54 Å². The van der Waals surface area contributed by atoms with Gasteiger partial charge in [-0.1, -0.05) is 6.07 Å². The molecule has 6 heteroatoms. The molecule has 1 rings (SSSR count). The van der Waals surface area contributed by atoms with Gasteiger partial charge in [0.15, 0.2) is 5.96 Å². The van der Waals surface area contributed by atoms with E-state index in [0.29, 0.717) is 25.6 Å². The fourth-order valence-corrected chi connectivity index (χ4v) is 1.07. The Kier molecular flexibility index (Phi) is 5.07. The molecule has 0 aliphatic heterocycles. The van der Waals surface area contributed by atoms with Crippen LogP contribution in [0.25, 0.3) is 0 Å². The van der Waals surface area contributed by atoms with E-state index in [9.17, 15) is 0 Å². The van der Waals surface area contributed by atoms with E-state index in [1.54, 1.807) is 19.4 Å². The van der Waals surface area contributed by atoms with Crippen molar-refractivity contribution in [2.75, 3.05) is 20.3 Å². The van der Waals surface area contributed by atoms with Gasteiger partial charge >= 0.3 is 0 Å². The van der Waals surface area contributed by atoms with Gasteiger partial charge in [-0.2, -0.15) is 0 Å². The van der Waals surface area contributed by atoms with Crippen LogP contribution >= 0.6 is 0 Å². The number of guanidine groups is 1. The van der Waals surface area contributed by atoms with Gasteiger partial charge in [0, 0.05) is 18.9 Å². The molecule has 0 bridgehead atoms. The topological polar surface area (TPSA) is 95.8 Å². The fraction of sp³-hybridized carbons (Fsp3) is 0.400. The second-order valence-electron chi connectivity index (χ2n) is 3.05. The molecule has 4 N–H and O–H groups in total. The maximum absolute atomic E-state index is 5.42. The molecule has 0 spiro atoms.